The normalized spacial score (nSPS) is 10.8. The number of nitrogens with two attached hydrogens (primary N) is 1. The first-order chi connectivity index (χ1) is 7.14. The SMILES string of the molecule is NC(=O)CCC(=O)N(O)NC(=O)C(F)(F)F. The van der Waals surface area contributed by atoms with Gasteiger partial charge in [0, 0.05) is 12.8 Å². The molecular formula is C6H8F3N3O4. The predicted octanol–water partition coefficient (Wildman–Crippen LogP) is -0.937. The van der Waals surface area contributed by atoms with Crippen LogP contribution in [-0.2, 0) is 14.4 Å². The summed E-state index contributed by atoms with van der Waals surface area (Å²) < 4.78 is 35.0. The average molecular weight is 243 g/mol. The van der Waals surface area contributed by atoms with Gasteiger partial charge in [0.25, 0.3) is 5.91 Å². The van der Waals surface area contributed by atoms with E-state index in [0.717, 1.165) is 5.43 Å². The van der Waals surface area contributed by atoms with Gasteiger partial charge in [0.15, 0.2) is 0 Å². The van der Waals surface area contributed by atoms with Crippen LogP contribution >= 0.6 is 0 Å². The van der Waals surface area contributed by atoms with Crippen LogP contribution in [0.15, 0.2) is 0 Å². The van der Waals surface area contributed by atoms with E-state index in [0.29, 0.717) is 0 Å². The summed E-state index contributed by atoms with van der Waals surface area (Å²) in [6, 6.07) is 0. The number of nitrogens with one attached hydrogen (secondary N) is 1. The van der Waals surface area contributed by atoms with Gasteiger partial charge in [-0.3, -0.25) is 19.6 Å². The number of rotatable bonds is 3. The van der Waals surface area contributed by atoms with E-state index in [1.54, 1.807) is 0 Å². The van der Waals surface area contributed by atoms with Gasteiger partial charge in [-0.05, 0) is 0 Å². The van der Waals surface area contributed by atoms with Gasteiger partial charge in [-0.1, -0.05) is 0 Å². The van der Waals surface area contributed by atoms with Gasteiger partial charge in [0.1, 0.15) is 0 Å². The van der Waals surface area contributed by atoms with Crippen LogP contribution in [0.25, 0.3) is 0 Å². The highest BCUT2D eigenvalue weighted by atomic mass is 19.4. The van der Waals surface area contributed by atoms with E-state index in [2.05, 4.69) is 5.73 Å². The summed E-state index contributed by atoms with van der Waals surface area (Å²) in [7, 11) is 0. The molecule has 10 heteroatoms. The van der Waals surface area contributed by atoms with E-state index in [1.165, 1.54) is 0 Å². The molecule has 0 saturated carbocycles. The van der Waals surface area contributed by atoms with Gasteiger partial charge in [-0.15, -0.1) is 5.17 Å². The summed E-state index contributed by atoms with van der Waals surface area (Å²) in [6.45, 7) is 0. The first-order valence-electron chi connectivity index (χ1n) is 3.82. The third-order valence-corrected chi connectivity index (χ3v) is 1.29. The Kier molecular flexibility index (Phi) is 4.69. The van der Waals surface area contributed by atoms with E-state index in [4.69, 9.17) is 5.21 Å². The van der Waals surface area contributed by atoms with Crippen molar-refractivity contribution >= 4 is 17.7 Å². The van der Waals surface area contributed by atoms with Crippen molar-refractivity contribution in [1.82, 2.24) is 10.6 Å². The lowest BCUT2D eigenvalue weighted by atomic mass is 10.3. The lowest BCUT2D eigenvalue weighted by molar-refractivity contribution is -0.204. The summed E-state index contributed by atoms with van der Waals surface area (Å²) in [5, 5.41) is 8.02. The third kappa shape index (κ3) is 5.14. The van der Waals surface area contributed by atoms with Crippen LogP contribution < -0.4 is 11.2 Å². The van der Waals surface area contributed by atoms with Crippen LogP contribution in [0.2, 0.25) is 0 Å². The van der Waals surface area contributed by atoms with E-state index in [9.17, 15) is 27.6 Å². The number of primary amides is 1. The minimum Gasteiger partial charge on any atom is -0.370 e. The highest BCUT2D eigenvalue weighted by molar-refractivity contribution is 5.86. The minimum atomic E-state index is -5.23. The molecule has 0 atom stereocenters. The quantitative estimate of drug-likeness (QED) is 0.438. The Hall–Kier alpha value is -1.84. The molecule has 0 aliphatic heterocycles. The topological polar surface area (TPSA) is 113 Å². The molecule has 92 valence electrons. The Morgan fingerprint density at radius 1 is 1.25 bits per heavy atom. The van der Waals surface area contributed by atoms with Crippen LogP contribution in [0, 0.1) is 0 Å². The zero-order valence-electron chi connectivity index (χ0n) is 7.74. The number of hydrogen-bond acceptors (Lipinski definition) is 4. The number of hydrogen-bond donors (Lipinski definition) is 3. The summed E-state index contributed by atoms with van der Waals surface area (Å²) in [4.78, 5) is 31.2. The van der Waals surface area contributed by atoms with Gasteiger partial charge < -0.3 is 5.73 Å². The second-order valence-electron chi connectivity index (χ2n) is 2.61. The molecule has 0 aromatic heterocycles. The van der Waals surface area contributed by atoms with E-state index >= 15 is 0 Å². The molecule has 0 aliphatic rings. The second kappa shape index (κ2) is 5.30. The maximum Gasteiger partial charge on any atom is 0.473 e. The fraction of sp³-hybridized carbons (Fsp3) is 0.500. The molecule has 0 saturated heterocycles. The van der Waals surface area contributed by atoms with Gasteiger partial charge in [0.05, 0.1) is 0 Å². The van der Waals surface area contributed by atoms with Crippen molar-refractivity contribution in [3.63, 3.8) is 0 Å². The van der Waals surface area contributed by atoms with Crippen molar-refractivity contribution in [2.45, 2.75) is 19.0 Å². The van der Waals surface area contributed by atoms with Crippen LogP contribution in [0.5, 0.6) is 0 Å². The Balaban J connectivity index is 4.16. The number of halogens is 3. The summed E-state index contributed by atoms with van der Waals surface area (Å²) in [5.41, 5.74) is 5.52. The first-order valence-corrected chi connectivity index (χ1v) is 3.82. The number of hydroxylamine groups is 1. The molecule has 0 aromatic rings. The Labute approximate surface area is 86.9 Å². The Morgan fingerprint density at radius 3 is 2.12 bits per heavy atom. The predicted molar refractivity (Wildman–Crippen MR) is 41.3 cm³/mol. The maximum atomic E-state index is 11.7. The fourth-order valence-corrected chi connectivity index (χ4v) is 0.558. The van der Waals surface area contributed by atoms with Crippen molar-refractivity contribution < 1.29 is 32.8 Å². The number of nitrogens with zero attached hydrogens (tertiary/aromatic N) is 1. The molecule has 3 amide bonds. The third-order valence-electron chi connectivity index (χ3n) is 1.29. The molecule has 0 heterocycles. The molecular weight excluding hydrogens is 235 g/mol. The average Bonchev–Trinajstić information content (AvgIpc) is 2.12. The van der Waals surface area contributed by atoms with Crippen LogP contribution in [0.3, 0.4) is 0 Å². The first kappa shape index (κ1) is 14.2. The standard InChI is InChI=1S/C6H8F3N3O4/c7-6(8,9)5(15)11-12(16)4(14)2-1-3(10)13/h16H,1-2H2,(H2,10,13)(H,11,15). The number of hydrazine groups is 1. The Morgan fingerprint density at radius 2 is 1.75 bits per heavy atom. The number of alkyl halides is 3. The summed E-state index contributed by atoms with van der Waals surface area (Å²) >= 11 is 0. The van der Waals surface area contributed by atoms with Gasteiger partial charge in [0.2, 0.25) is 5.91 Å². The highest BCUT2D eigenvalue weighted by Crippen LogP contribution is 2.14. The summed E-state index contributed by atoms with van der Waals surface area (Å²) in [6.07, 6.45) is -6.31. The molecule has 0 spiro atoms. The zero-order chi connectivity index (χ0) is 12.9. The number of carbonyl (C=O) groups excluding carboxylic acids is 3. The summed E-state index contributed by atoms with van der Waals surface area (Å²) in [5.74, 6) is -4.68. The van der Waals surface area contributed by atoms with Crippen molar-refractivity contribution in [3.05, 3.63) is 0 Å². The largest absolute Gasteiger partial charge is 0.473 e. The van der Waals surface area contributed by atoms with Crippen LogP contribution in [-0.4, -0.2) is 34.3 Å². The lowest BCUT2D eigenvalue weighted by Crippen LogP contribution is -2.49. The number of carbonyl (C=O) groups is 3. The van der Waals surface area contributed by atoms with Gasteiger partial charge >= 0.3 is 12.1 Å². The maximum absolute atomic E-state index is 11.7. The molecule has 0 bridgehead atoms. The molecule has 0 fully saturated rings. The van der Waals surface area contributed by atoms with Crippen molar-refractivity contribution in [2.75, 3.05) is 0 Å². The molecule has 0 aromatic carbocycles. The van der Waals surface area contributed by atoms with Crippen molar-refractivity contribution in [2.24, 2.45) is 5.73 Å². The van der Waals surface area contributed by atoms with Crippen LogP contribution in [0.4, 0.5) is 13.2 Å². The van der Waals surface area contributed by atoms with E-state index in [-0.39, 0.29) is 0 Å². The molecule has 0 radical (unpaired) electrons. The van der Waals surface area contributed by atoms with Gasteiger partial charge in [-0.25, -0.2) is 5.43 Å². The number of amides is 3. The molecule has 0 aliphatic carbocycles. The Bertz CT molecular complexity index is 304. The minimum absolute atomic E-state index is 0.461. The molecule has 7 nitrogen and oxygen atoms in total. The monoisotopic (exact) mass is 243 g/mol. The van der Waals surface area contributed by atoms with Crippen molar-refractivity contribution in [1.29, 1.82) is 0 Å². The lowest BCUT2D eigenvalue weighted by Gasteiger charge is -2.16. The smallest absolute Gasteiger partial charge is 0.370 e. The zero-order valence-corrected chi connectivity index (χ0v) is 7.74. The fourth-order valence-electron chi connectivity index (χ4n) is 0.558. The molecule has 0 unspecified atom stereocenters. The van der Waals surface area contributed by atoms with E-state index in [1.807, 2.05) is 0 Å². The van der Waals surface area contributed by atoms with Gasteiger partial charge in [-0.2, -0.15) is 13.2 Å². The highest BCUT2D eigenvalue weighted by Gasteiger charge is 2.40. The second-order valence-corrected chi connectivity index (χ2v) is 2.61. The van der Waals surface area contributed by atoms with Crippen LogP contribution in [0.1, 0.15) is 12.8 Å². The molecule has 0 rings (SSSR count). The molecule has 16 heavy (non-hydrogen) atoms. The van der Waals surface area contributed by atoms with Crippen molar-refractivity contribution in [3.8, 4) is 0 Å². The van der Waals surface area contributed by atoms with E-state index < -0.39 is 41.9 Å². The molecule has 4 N–H and O–H groups in total.